The van der Waals surface area contributed by atoms with Crippen LogP contribution in [0.4, 0.5) is 4.39 Å². The van der Waals surface area contributed by atoms with Gasteiger partial charge in [0.2, 0.25) is 0 Å². The lowest BCUT2D eigenvalue weighted by atomic mass is 10.1. The molecule has 0 aliphatic heterocycles. The van der Waals surface area contributed by atoms with Crippen LogP contribution in [0, 0.1) is 0 Å². The highest BCUT2D eigenvalue weighted by atomic mass is 32.2. The Labute approximate surface area is 115 Å². The number of carbonyl (C=O) groups excluding carboxylic acids is 1. The minimum Gasteiger partial charge on any atom is -0.459 e. The van der Waals surface area contributed by atoms with Gasteiger partial charge in [-0.1, -0.05) is 13.3 Å². The second kappa shape index (κ2) is 8.78. The Hall–Kier alpha value is -0.250. The van der Waals surface area contributed by atoms with E-state index in [9.17, 15) is 9.18 Å². The van der Waals surface area contributed by atoms with Crippen LogP contribution in [0.1, 0.15) is 60.3 Å². The molecule has 0 rings (SSSR count). The summed E-state index contributed by atoms with van der Waals surface area (Å²) in [4.78, 5) is 11.7. The molecule has 0 aromatic carbocycles. The highest BCUT2D eigenvalue weighted by Crippen LogP contribution is 2.19. The van der Waals surface area contributed by atoms with Crippen LogP contribution in [0.25, 0.3) is 0 Å². The van der Waals surface area contributed by atoms with E-state index in [-0.39, 0.29) is 11.2 Å². The van der Waals surface area contributed by atoms with E-state index >= 15 is 0 Å². The lowest BCUT2D eigenvalue weighted by molar-refractivity contribution is -0.153. The van der Waals surface area contributed by atoms with E-state index in [1.807, 2.05) is 34.6 Å². The van der Waals surface area contributed by atoms with Crippen molar-refractivity contribution in [3.63, 3.8) is 0 Å². The van der Waals surface area contributed by atoms with E-state index in [0.29, 0.717) is 12.8 Å². The van der Waals surface area contributed by atoms with Gasteiger partial charge < -0.3 is 4.74 Å². The van der Waals surface area contributed by atoms with Crippen molar-refractivity contribution in [1.29, 1.82) is 0 Å². The van der Waals surface area contributed by atoms with Crippen LogP contribution in [-0.4, -0.2) is 28.7 Å². The third-order valence-electron chi connectivity index (χ3n) is 2.37. The lowest BCUT2D eigenvalue weighted by Gasteiger charge is -2.22. The molecule has 0 fully saturated rings. The number of halogens is 1. The van der Waals surface area contributed by atoms with Gasteiger partial charge in [-0.25, -0.2) is 4.39 Å². The molecule has 108 valence electrons. The van der Waals surface area contributed by atoms with Crippen LogP contribution in [0.15, 0.2) is 0 Å². The molecule has 2 unspecified atom stereocenters. The molecule has 0 aliphatic carbocycles. The summed E-state index contributed by atoms with van der Waals surface area (Å²) in [5.74, 6) is 0.628. The average Bonchev–Trinajstić information content (AvgIpc) is 2.22. The molecule has 0 radical (unpaired) electrons. The van der Waals surface area contributed by atoms with Gasteiger partial charge in [0.25, 0.3) is 0 Å². The van der Waals surface area contributed by atoms with Gasteiger partial charge in [0.15, 0.2) is 0 Å². The Bertz CT molecular complexity index is 238. The van der Waals surface area contributed by atoms with E-state index < -0.39 is 11.8 Å². The first-order valence-corrected chi connectivity index (χ1v) is 7.79. The van der Waals surface area contributed by atoms with Crippen molar-refractivity contribution >= 4 is 17.7 Å². The predicted octanol–water partition coefficient (Wildman–Crippen LogP) is 4.37. The van der Waals surface area contributed by atoms with E-state index in [1.54, 1.807) is 11.8 Å². The fourth-order valence-corrected chi connectivity index (χ4v) is 2.35. The smallest absolute Gasteiger partial charge is 0.319 e. The molecule has 0 saturated heterocycles. The first kappa shape index (κ1) is 17.8. The summed E-state index contributed by atoms with van der Waals surface area (Å²) in [6.45, 7) is 9.42. The molecule has 4 heteroatoms. The topological polar surface area (TPSA) is 26.3 Å². The molecule has 2 nitrogen and oxygen atoms in total. The molecule has 2 atom stereocenters. The summed E-state index contributed by atoms with van der Waals surface area (Å²) >= 11 is 1.54. The van der Waals surface area contributed by atoms with Crippen molar-refractivity contribution in [2.24, 2.45) is 0 Å². The minimum absolute atomic E-state index is 0.173. The largest absolute Gasteiger partial charge is 0.459 e. The number of carbonyl (C=O) groups is 1. The van der Waals surface area contributed by atoms with Crippen LogP contribution >= 0.6 is 11.8 Å². The monoisotopic (exact) mass is 278 g/mol. The van der Waals surface area contributed by atoms with Crippen LogP contribution < -0.4 is 0 Å². The van der Waals surface area contributed by atoms with E-state index in [2.05, 4.69) is 0 Å². The number of thioether (sulfide) groups is 1. The second-order valence-corrected chi connectivity index (χ2v) is 7.02. The van der Waals surface area contributed by atoms with Gasteiger partial charge in [-0.05, 0) is 52.7 Å². The number of ether oxygens (including phenoxy) is 1. The Balaban J connectivity index is 3.70. The zero-order chi connectivity index (χ0) is 14.2. The summed E-state index contributed by atoms with van der Waals surface area (Å²) in [7, 11) is 0. The number of alkyl halides is 1. The van der Waals surface area contributed by atoms with Gasteiger partial charge in [0, 0.05) is 0 Å². The maximum Gasteiger partial charge on any atom is 0.319 e. The van der Waals surface area contributed by atoms with Crippen LogP contribution in [0.2, 0.25) is 0 Å². The molecule has 0 saturated carbocycles. The zero-order valence-electron chi connectivity index (χ0n) is 12.3. The van der Waals surface area contributed by atoms with Crippen LogP contribution in [0.5, 0.6) is 0 Å². The predicted molar refractivity (Wildman–Crippen MR) is 76.8 cm³/mol. The summed E-state index contributed by atoms with van der Waals surface area (Å²) in [6.07, 6.45) is 2.27. The first-order chi connectivity index (χ1) is 8.26. The Morgan fingerprint density at radius 1 is 1.33 bits per heavy atom. The quantitative estimate of drug-likeness (QED) is 0.487. The molecule has 0 N–H and O–H groups in total. The van der Waals surface area contributed by atoms with Crippen molar-refractivity contribution in [3.8, 4) is 0 Å². The average molecular weight is 278 g/mol. The standard InChI is InChI=1S/C14H27FO2S/c1-6-8-12(15)9-7-10-18-11(2)13(16)17-14(3,4)5/h11-12H,6-10H2,1-5H3. The Morgan fingerprint density at radius 2 is 1.94 bits per heavy atom. The van der Waals surface area contributed by atoms with Gasteiger partial charge in [0.1, 0.15) is 11.8 Å². The molecular weight excluding hydrogens is 251 g/mol. The molecule has 0 bridgehead atoms. The van der Waals surface area contributed by atoms with Gasteiger partial charge in [0.05, 0.1) is 5.25 Å². The van der Waals surface area contributed by atoms with Crippen molar-refractivity contribution < 1.29 is 13.9 Å². The van der Waals surface area contributed by atoms with Crippen molar-refractivity contribution in [2.45, 2.75) is 77.3 Å². The molecule has 18 heavy (non-hydrogen) atoms. The molecular formula is C14H27FO2S. The normalized spacial score (nSPS) is 15.2. The fourth-order valence-electron chi connectivity index (χ4n) is 1.48. The van der Waals surface area contributed by atoms with E-state index in [1.165, 1.54) is 0 Å². The maximum absolute atomic E-state index is 13.2. The molecule has 0 aliphatic rings. The Kier molecular flexibility index (Phi) is 8.66. The molecule has 0 heterocycles. The SMILES string of the molecule is CCCC(F)CCCSC(C)C(=O)OC(C)(C)C. The first-order valence-electron chi connectivity index (χ1n) is 6.74. The fraction of sp³-hybridized carbons (Fsp3) is 0.929. The maximum atomic E-state index is 13.2. The van der Waals surface area contributed by atoms with Crippen molar-refractivity contribution in [2.75, 3.05) is 5.75 Å². The van der Waals surface area contributed by atoms with Crippen LogP contribution in [0.3, 0.4) is 0 Å². The van der Waals surface area contributed by atoms with Gasteiger partial charge in [-0.15, -0.1) is 11.8 Å². The Morgan fingerprint density at radius 3 is 2.44 bits per heavy atom. The van der Waals surface area contributed by atoms with Gasteiger partial charge in [-0.3, -0.25) is 4.79 Å². The lowest BCUT2D eigenvalue weighted by Crippen LogP contribution is -2.29. The molecule has 0 amide bonds. The molecule has 0 aromatic heterocycles. The highest BCUT2D eigenvalue weighted by Gasteiger charge is 2.21. The van der Waals surface area contributed by atoms with Crippen molar-refractivity contribution in [1.82, 2.24) is 0 Å². The number of hydrogen-bond acceptors (Lipinski definition) is 3. The van der Waals surface area contributed by atoms with E-state index in [0.717, 1.165) is 18.6 Å². The summed E-state index contributed by atoms with van der Waals surface area (Å²) in [5.41, 5.74) is -0.433. The second-order valence-electron chi connectivity index (χ2n) is 5.57. The highest BCUT2D eigenvalue weighted by molar-refractivity contribution is 8.00. The number of rotatable bonds is 8. The summed E-state index contributed by atoms with van der Waals surface area (Å²) in [5, 5.41) is -0.173. The van der Waals surface area contributed by atoms with Gasteiger partial charge >= 0.3 is 5.97 Å². The van der Waals surface area contributed by atoms with Crippen LogP contribution in [-0.2, 0) is 9.53 Å². The molecule has 0 aromatic rings. The third-order valence-corrected chi connectivity index (χ3v) is 3.59. The number of esters is 1. The molecule has 0 spiro atoms. The summed E-state index contributed by atoms with van der Waals surface area (Å²) in [6, 6.07) is 0. The van der Waals surface area contributed by atoms with Crippen molar-refractivity contribution in [3.05, 3.63) is 0 Å². The third kappa shape index (κ3) is 9.75. The summed E-state index contributed by atoms with van der Waals surface area (Å²) < 4.78 is 18.5. The number of hydrogen-bond donors (Lipinski definition) is 0. The minimum atomic E-state index is -0.688. The zero-order valence-corrected chi connectivity index (χ0v) is 13.1. The van der Waals surface area contributed by atoms with E-state index in [4.69, 9.17) is 4.74 Å². The van der Waals surface area contributed by atoms with Gasteiger partial charge in [-0.2, -0.15) is 0 Å².